The molecule has 0 aliphatic carbocycles. The van der Waals surface area contributed by atoms with E-state index in [9.17, 15) is 4.79 Å². The van der Waals surface area contributed by atoms with E-state index in [4.69, 9.17) is 14.6 Å². The minimum atomic E-state index is -0.112. The molecule has 0 unspecified atom stereocenters. The van der Waals surface area contributed by atoms with Crippen molar-refractivity contribution in [3.05, 3.63) is 23.8 Å². The molecule has 0 aliphatic heterocycles. The van der Waals surface area contributed by atoms with Crippen LogP contribution in [-0.2, 0) is 11.2 Å². The smallest absolute Gasteiger partial charge is 0.224 e. The number of aliphatic hydroxyl groups is 1. The highest BCUT2D eigenvalue weighted by molar-refractivity contribution is 5.75. The molecule has 0 saturated heterocycles. The van der Waals surface area contributed by atoms with E-state index < -0.39 is 0 Å². The van der Waals surface area contributed by atoms with Crippen LogP contribution >= 0.6 is 0 Å². The highest BCUT2D eigenvalue weighted by Gasteiger charge is 2.09. The molecule has 106 valence electrons. The van der Waals surface area contributed by atoms with Crippen LogP contribution in [0.5, 0.6) is 11.5 Å². The number of ether oxygens (including phenoxy) is 2. The van der Waals surface area contributed by atoms with Gasteiger partial charge in [0.15, 0.2) is 11.5 Å². The van der Waals surface area contributed by atoms with Crippen molar-refractivity contribution in [1.82, 2.24) is 4.90 Å². The van der Waals surface area contributed by atoms with Crippen LogP contribution in [0.3, 0.4) is 0 Å². The summed E-state index contributed by atoms with van der Waals surface area (Å²) >= 11 is 0. The van der Waals surface area contributed by atoms with Crippen LogP contribution in [0.25, 0.3) is 0 Å². The molecule has 0 fully saturated rings. The number of carbonyl (C=O) groups excluding carboxylic acids is 1. The Morgan fingerprint density at radius 3 is 2.53 bits per heavy atom. The summed E-state index contributed by atoms with van der Waals surface area (Å²) in [6.45, 7) is 0.494. The highest BCUT2D eigenvalue weighted by Crippen LogP contribution is 2.27. The number of likely N-dealkylation sites (N-methyl/N-ethyl adjacent to an activating group) is 1. The summed E-state index contributed by atoms with van der Waals surface area (Å²) in [4.78, 5) is 13.1. The molecule has 0 bridgehead atoms. The maximum absolute atomic E-state index is 11.5. The third kappa shape index (κ3) is 4.44. The van der Waals surface area contributed by atoms with Gasteiger partial charge in [-0.05, 0) is 24.1 Å². The van der Waals surface area contributed by atoms with Crippen molar-refractivity contribution in [2.75, 3.05) is 34.4 Å². The normalized spacial score (nSPS) is 10.1. The molecule has 0 spiro atoms. The zero-order valence-corrected chi connectivity index (χ0v) is 11.7. The summed E-state index contributed by atoms with van der Waals surface area (Å²) in [6.07, 6.45) is 0.899. The van der Waals surface area contributed by atoms with Gasteiger partial charge >= 0.3 is 0 Å². The topological polar surface area (TPSA) is 59.0 Å². The summed E-state index contributed by atoms with van der Waals surface area (Å²) in [5, 5.41) is 8.72. The molecule has 0 radical (unpaired) electrons. The number of aliphatic hydroxyl groups excluding tert-OH is 1. The summed E-state index contributed by atoms with van der Waals surface area (Å²) < 4.78 is 10.4. The second-order valence-electron chi connectivity index (χ2n) is 4.23. The van der Waals surface area contributed by atoms with Gasteiger partial charge in [-0.1, -0.05) is 6.07 Å². The Bertz CT molecular complexity index is 420. The molecular formula is C14H21NO4. The number of hydrogen-bond acceptors (Lipinski definition) is 4. The SMILES string of the molecule is COc1ccc(CCN(C)C(=O)CCO)cc1OC. The first-order chi connectivity index (χ1) is 9.12. The number of benzene rings is 1. The summed E-state index contributed by atoms with van der Waals surface area (Å²) in [6, 6.07) is 5.71. The van der Waals surface area contributed by atoms with Crippen LogP contribution in [0.4, 0.5) is 0 Å². The van der Waals surface area contributed by atoms with Crippen LogP contribution in [-0.4, -0.2) is 50.3 Å². The van der Waals surface area contributed by atoms with Crippen LogP contribution < -0.4 is 9.47 Å². The zero-order valence-electron chi connectivity index (χ0n) is 11.7. The van der Waals surface area contributed by atoms with E-state index in [0.29, 0.717) is 18.0 Å². The molecule has 1 aromatic rings. The van der Waals surface area contributed by atoms with E-state index in [2.05, 4.69) is 0 Å². The molecule has 5 nitrogen and oxygen atoms in total. The van der Waals surface area contributed by atoms with Crippen molar-refractivity contribution < 1.29 is 19.4 Å². The van der Waals surface area contributed by atoms with Gasteiger partial charge in [0.1, 0.15) is 0 Å². The van der Waals surface area contributed by atoms with E-state index in [-0.39, 0.29) is 18.9 Å². The molecule has 0 aliphatic rings. The van der Waals surface area contributed by atoms with Gasteiger partial charge in [-0.2, -0.15) is 0 Å². The molecule has 0 saturated carbocycles. The minimum Gasteiger partial charge on any atom is -0.493 e. The fourth-order valence-corrected chi connectivity index (χ4v) is 1.74. The Labute approximate surface area is 113 Å². The largest absolute Gasteiger partial charge is 0.493 e. The predicted molar refractivity (Wildman–Crippen MR) is 72.6 cm³/mol. The molecule has 0 heterocycles. The Balaban J connectivity index is 2.60. The van der Waals surface area contributed by atoms with Crippen molar-refractivity contribution in [1.29, 1.82) is 0 Å². The lowest BCUT2D eigenvalue weighted by atomic mass is 10.1. The summed E-state index contributed by atoms with van der Waals surface area (Å²) in [7, 11) is 4.93. The molecule has 1 amide bonds. The van der Waals surface area contributed by atoms with E-state index in [0.717, 1.165) is 12.0 Å². The lowest BCUT2D eigenvalue weighted by molar-refractivity contribution is -0.130. The first kappa shape index (κ1) is 15.3. The minimum absolute atomic E-state index is 0.0528. The zero-order chi connectivity index (χ0) is 14.3. The van der Waals surface area contributed by atoms with Gasteiger partial charge in [0.2, 0.25) is 5.91 Å². The fourth-order valence-electron chi connectivity index (χ4n) is 1.74. The quantitative estimate of drug-likeness (QED) is 0.803. The Morgan fingerprint density at radius 1 is 1.26 bits per heavy atom. The van der Waals surface area contributed by atoms with Crippen LogP contribution in [0.2, 0.25) is 0 Å². The second-order valence-corrected chi connectivity index (χ2v) is 4.23. The molecule has 5 heteroatoms. The number of methoxy groups -OCH3 is 2. The van der Waals surface area contributed by atoms with Gasteiger partial charge in [0, 0.05) is 20.0 Å². The summed E-state index contributed by atoms with van der Waals surface area (Å²) in [5.41, 5.74) is 1.07. The number of rotatable bonds is 7. The number of hydrogen-bond donors (Lipinski definition) is 1. The Morgan fingerprint density at radius 2 is 1.95 bits per heavy atom. The lowest BCUT2D eigenvalue weighted by Gasteiger charge is -2.17. The van der Waals surface area contributed by atoms with Crippen LogP contribution in [0.1, 0.15) is 12.0 Å². The van der Waals surface area contributed by atoms with Crippen molar-refractivity contribution in [3.8, 4) is 11.5 Å². The van der Waals surface area contributed by atoms with Crippen molar-refractivity contribution in [2.45, 2.75) is 12.8 Å². The van der Waals surface area contributed by atoms with E-state index in [1.807, 2.05) is 18.2 Å². The average Bonchev–Trinajstić information content (AvgIpc) is 2.44. The van der Waals surface area contributed by atoms with Gasteiger partial charge in [-0.25, -0.2) is 0 Å². The maximum atomic E-state index is 11.5. The molecule has 0 atom stereocenters. The van der Waals surface area contributed by atoms with Gasteiger partial charge in [-0.3, -0.25) is 4.79 Å². The number of amides is 1. The lowest BCUT2D eigenvalue weighted by Crippen LogP contribution is -2.29. The summed E-state index contributed by atoms with van der Waals surface area (Å²) in [5.74, 6) is 1.32. The van der Waals surface area contributed by atoms with Crippen LogP contribution in [0.15, 0.2) is 18.2 Å². The average molecular weight is 267 g/mol. The fraction of sp³-hybridized carbons (Fsp3) is 0.500. The van der Waals surface area contributed by atoms with E-state index in [1.54, 1.807) is 26.2 Å². The van der Waals surface area contributed by atoms with Crippen molar-refractivity contribution in [3.63, 3.8) is 0 Å². The molecule has 1 N–H and O–H groups in total. The standard InChI is InChI=1S/C14H21NO4/c1-15(14(17)7-9-16)8-6-11-4-5-12(18-2)13(10-11)19-3/h4-5,10,16H,6-9H2,1-3H3. The molecule has 1 aromatic carbocycles. The van der Waals surface area contributed by atoms with Crippen molar-refractivity contribution >= 4 is 5.91 Å². The van der Waals surface area contributed by atoms with E-state index >= 15 is 0 Å². The van der Waals surface area contributed by atoms with Gasteiger partial charge in [0.25, 0.3) is 0 Å². The molecule has 0 aromatic heterocycles. The predicted octanol–water partition coefficient (Wildman–Crippen LogP) is 1.09. The second kappa shape index (κ2) is 7.63. The Kier molecular flexibility index (Phi) is 6.15. The maximum Gasteiger partial charge on any atom is 0.224 e. The Hall–Kier alpha value is -1.75. The van der Waals surface area contributed by atoms with Gasteiger partial charge < -0.3 is 19.5 Å². The highest BCUT2D eigenvalue weighted by atomic mass is 16.5. The van der Waals surface area contributed by atoms with Gasteiger partial charge in [-0.15, -0.1) is 0 Å². The third-order valence-corrected chi connectivity index (χ3v) is 2.94. The first-order valence-corrected chi connectivity index (χ1v) is 6.18. The third-order valence-electron chi connectivity index (χ3n) is 2.94. The first-order valence-electron chi connectivity index (χ1n) is 6.18. The molecular weight excluding hydrogens is 246 g/mol. The molecule has 1 rings (SSSR count). The number of carbonyl (C=O) groups is 1. The number of nitrogens with zero attached hydrogens (tertiary/aromatic N) is 1. The van der Waals surface area contributed by atoms with Crippen LogP contribution in [0, 0.1) is 0 Å². The molecule has 19 heavy (non-hydrogen) atoms. The van der Waals surface area contributed by atoms with Gasteiger partial charge in [0.05, 0.1) is 20.8 Å². The van der Waals surface area contributed by atoms with E-state index in [1.165, 1.54) is 0 Å². The van der Waals surface area contributed by atoms with Crippen molar-refractivity contribution in [2.24, 2.45) is 0 Å². The monoisotopic (exact) mass is 267 g/mol.